The number of allylic oxidation sites excluding steroid dienone is 4. The smallest absolute Gasteiger partial charge is 0.335 e. The van der Waals surface area contributed by atoms with Crippen molar-refractivity contribution in [1.82, 2.24) is 0 Å². The van der Waals surface area contributed by atoms with Crippen molar-refractivity contribution in [3.05, 3.63) is 142 Å². The Hall–Kier alpha value is -5.61. The third kappa shape index (κ3) is 4.84. The van der Waals surface area contributed by atoms with Gasteiger partial charge in [0.1, 0.15) is 0 Å². The van der Waals surface area contributed by atoms with Crippen LogP contribution in [0.4, 0.5) is 5.69 Å². The van der Waals surface area contributed by atoms with Gasteiger partial charge in [-0.2, -0.15) is 0 Å². The van der Waals surface area contributed by atoms with Gasteiger partial charge in [0.15, 0.2) is 23.1 Å². The second kappa shape index (κ2) is 12.6. The van der Waals surface area contributed by atoms with Crippen LogP contribution in [0.25, 0.3) is 5.57 Å². The molecule has 1 saturated heterocycles. The van der Waals surface area contributed by atoms with Gasteiger partial charge in [-0.3, -0.25) is 24.1 Å². The topological polar surface area (TPSA) is 138 Å². The second-order valence-electron chi connectivity index (χ2n) is 13.7. The fourth-order valence-electron chi connectivity index (χ4n) is 9.22. The number of carbonyl (C=O) groups excluding carboxylic acids is 4. The average molecular weight is 759 g/mol. The van der Waals surface area contributed by atoms with Crippen LogP contribution in [0, 0.1) is 23.7 Å². The van der Waals surface area contributed by atoms with Crippen LogP contribution in [0.5, 0.6) is 11.5 Å². The number of carboxylic acid groups (broad SMARTS) is 1. The number of aromatic hydroxyl groups is 1. The molecule has 1 saturated carbocycles. The Bertz CT molecular complexity index is 2260. The number of phenolic OH excluding ortho intramolecular Hbond substituents is 1. The number of phenols is 1. The normalized spacial score (nSPS) is 26.6. The summed E-state index contributed by atoms with van der Waals surface area (Å²) in [4.78, 5) is 71.8. The van der Waals surface area contributed by atoms with Crippen LogP contribution in [0.2, 0.25) is 0 Å². The van der Waals surface area contributed by atoms with Gasteiger partial charge in [0.2, 0.25) is 11.8 Å². The summed E-state index contributed by atoms with van der Waals surface area (Å²) in [6.07, 6.45) is 3.58. The van der Waals surface area contributed by atoms with Crippen LogP contribution in [0.15, 0.2) is 119 Å². The first-order chi connectivity index (χ1) is 25.1. The Balaban J connectivity index is 1.37. The molecule has 0 spiro atoms. The van der Waals surface area contributed by atoms with Crippen molar-refractivity contribution in [2.24, 2.45) is 23.7 Å². The number of halogens is 1. The summed E-state index contributed by atoms with van der Waals surface area (Å²) in [5.41, 5.74) is 1.02. The molecule has 9 nitrogen and oxygen atoms in total. The number of carboxylic acids is 1. The van der Waals surface area contributed by atoms with Crippen molar-refractivity contribution < 1.29 is 38.9 Å². The van der Waals surface area contributed by atoms with Crippen molar-refractivity contribution >= 4 is 56.5 Å². The minimum Gasteiger partial charge on any atom is -0.504 e. The van der Waals surface area contributed by atoms with Crippen molar-refractivity contribution in [3.63, 3.8) is 0 Å². The molecule has 6 atom stereocenters. The van der Waals surface area contributed by atoms with E-state index in [1.165, 1.54) is 37.5 Å². The number of amides is 2. The molecule has 52 heavy (non-hydrogen) atoms. The van der Waals surface area contributed by atoms with Gasteiger partial charge >= 0.3 is 5.97 Å². The van der Waals surface area contributed by atoms with E-state index in [1.54, 1.807) is 36.4 Å². The molecular weight excluding hydrogens is 726 g/mol. The Labute approximate surface area is 307 Å². The van der Waals surface area contributed by atoms with Crippen LogP contribution < -0.4 is 9.64 Å². The molecule has 4 aromatic rings. The summed E-state index contributed by atoms with van der Waals surface area (Å²) in [7, 11) is 1.43. The molecule has 2 amide bonds. The minimum absolute atomic E-state index is 0.0669. The van der Waals surface area contributed by atoms with E-state index >= 15 is 9.59 Å². The van der Waals surface area contributed by atoms with E-state index in [2.05, 4.69) is 15.9 Å². The number of imide groups is 1. The lowest BCUT2D eigenvalue weighted by atomic mass is 9.44. The number of aromatic carboxylic acids is 1. The Morgan fingerprint density at radius 3 is 2.29 bits per heavy atom. The zero-order valence-electron chi connectivity index (χ0n) is 27.9. The standard InChI is InChI=1S/C42H32BrNO8/c1-52-33-19-25(43)18-31(38(33)47)36-27-15-16-28-35(40(49)44(39(28)48)26-14-8-11-23(17-26)41(50)51)30(27)20-32-37(46)29(22-9-4-2-5-10-22)21-34(45)42(32,36)24-12-6-3-7-13-24/h2-15,17-19,21,28,30,32,35-36,47H,16,20H2,1H3,(H,50,51). The molecule has 0 bridgehead atoms. The molecule has 4 aliphatic rings. The fourth-order valence-corrected chi connectivity index (χ4v) is 9.68. The maximum atomic E-state index is 15.2. The van der Waals surface area contributed by atoms with Gasteiger partial charge in [0.25, 0.3) is 0 Å². The third-order valence-electron chi connectivity index (χ3n) is 11.3. The fraction of sp³-hybridized carbons (Fsp3) is 0.214. The molecule has 3 aliphatic carbocycles. The monoisotopic (exact) mass is 757 g/mol. The van der Waals surface area contributed by atoms with E-state index in [0.29, 0.717) is 26.7 Å². The first-order valence-electron chi connectivity index (χ1n) is 17.0. The maximum absolute atomic E-state index is 15.2. The summed E-state index contributed by atoms with van der Waals surface area (Å²) < 4.78 is 6.14. The number of benzene rings is 4. The molecule has 1 aliphatic heterocycles. The molecular formula is C42H32BrNO8. The number of carbonyl (C=O) groups is 5. The summed E-state index contributed by atoms with van der Waals surface area (Å²) >= 11 is 3.56. The van der Waals surface area contributed by atoms with Crippen LogP contribution in [0.1, 0.15) is 45.8 Å². The highest BCUT2D eigenvalue weighted by atomic mass is 79.9. The van der Waals surface area contributed by atoms with Crippen molar-refractivity contribution in [2.45, 2.75) is 24.2 Å². The predicted molar refractivity (Wildman–Crippen MR) is 195 cm³/mol. The summed E-state index contributed by atoms with van der Waals surface area (Å²) in [6.45, 7) is 0. The Morgan fingerprint density at radius 2 is 1.60 bits per heavy atom. The highest BCUT2D eigenvalue weighted by Crippen LogP contribution is 2.65. The number of rotatable bonds is 6. The first-order valence-corrected chi connectivity index (χ1v) is 17.8. The number of hydrogen-bond donors (Lipinski definition) is 2. The molecule has 4 aromatic carbocycles. The molecule has 6 unspecified atom stereocenters. The molecule has 0 radical (unpaired) electrons. The van der Waals surface area contributed by atoms with Crippen molar-refractivity contribution in [1.29, 1.82) is 0 Å². The van der Waals surface area contributed by atoms with Gasteiger partial charge in [0, 0.05) is 27.4 Å². The number of anilines is 1. The molecule has 2 fully saturated rings. The van der Waals surface area contributed by atoms with Gasteiger partial charge in [-0.1, -0.05) is 94.3 Å². The van der Waals surface area contributed by atoms with E-state index in [1.807, 2.05) is 42.5 Å². The number of hydrogen-bond acceptors (Lipinski definition) is 7. The lowest BCUT2D eigenvalue weighted by Gasteiger charge is -2.55. The highest BCUT2D eigenvalue weighted by molar-refractivity contribution is 9.10. The van der Waals surface area contributed by atoms with Crippen molar-refractivity contribution in [2.75, 3.05) is 12.0 Å². The summed E-state index contributed by atoms with van der Waals surface area (Å²) in [5, 5.41) is 21.5. The summed E-state index contributed by atoms with van der Waals surface area (Å²) in [5.74, 6) is -7.05. The molecule has 10 heteroatoms. The zero-order valence-corrected chi connectivity index (χ0v) is 29.4. The van der Waals surface area contributed by atoms with Crippen LogP contribution in [-0.4, -0.2) is 46.7 Å². The van der Waals surface area contributed by atoms with E-state index in [0.717, 1.165) is 4.90 Å². The van der Waals surface area contributed by atoms with Crippen molar-refractivity contribution in [3.8, 4) is 11.5 Å². The number of fused-ring (bicyclic) bond motifs is 4. The number of nitrogens with zero attached hydrogens (tertiary/aromatic N) is 1. The van der Waals surface area contributed by atoms with Gasteiger partial charge in [-0.15, -0.1) is 0 Å². The van der Waals surface area contributed by atoms with Gasteiger partial charge in [-0.05, 0) is 66.3 Å². The third-order valence-corrected chi connectivity index (χ3v) is 11.8. The number of ketones is 2. The highest BCUT2D eigenvalue weighted by Gasteiger charge is 2.66. The Kier molecular flexibility index (Phi) is 8.10. The first kappa shape index (κ1) is 33.5. The second-order valence-corrected chi connectivity index (χ2v) is 14.6. The lowest BCUT2D eigenvalue weighted by Crippen LogP contribution is -2.58. The van der Waals surface area contributed by atoms with Gasteiger partial charge in [0.05, 0.1) is 35.6 Å². The lowest BCUT2D eigenvalue weighted by molar-refractivity contribution is -0.135. The largest absolute Gasteiger partial charge is 0.504 e. The van der Waals surface area contributed by atoms with Gasteiger partial charge in [-0.25, -0.2) is 4.79 Å². The zero-order chi connectivity index (χ0) is 36.5. The molecule has 1 heterocycles. The SMILES string of the molecule is COc1cc(Br)cc(C2C3=CCC4C(=O)N(c5cccc(C(=O)O)c5)C(=O)C4C3CC3C(=O)C(c4ccccc4)=CC(=O)C32c2ccccc2)c1O. The van der Waals surface area contributed by atoms with Crippen LogP contribution in [0.3, 0.4) is 0 Å². The number of ether oxygens (including phenoxy) is 1. The molecule has 0 aromatic heterocycles. The van der Waals surface area contributed by atoms with E-state index < -0.39 is 52.8 Å². The van der Waals surface area contributed by atoms with Crippen LogP contribution >= 0.6 is 15.9 Å². The van der Waals surface area contributed by atoms with E-state index in [9.17, 15) is 24.6 Å². The van der Waals surface area contributed by atoms with Crippen LogP contribution in [-0.2, 0) is 24.6 Å². The van der Waals surface area contributed by atoms with Gasteiger partial charge < -0.3 is 14.9 Å². The maximum Gasteiger partial charge on any atom is 0.335 e. The Morgan fingerprint density at radius 1 is 0.885 bits per heavy atom. The molecule has 2 N–H and O–H groups in total. The van der Waals surface area contributed by atoms with E-state index in [4.69, 9.17) is 4.74 Å². The molecule has 260 valence electrons. The number of Topliss-reactive ketones (excluding diaryl/α,β-unsaturated/α-hetero) is 1. The number of methoxy groups -OCH3 is 1. The quantitative estimate of drug-likeness (QED) is 0.160. The summed E-state index contributed by atoms with van der Waals surface area (Å²) in [6, 6.07) is 27.1. The predicted octanol–water partition coefficient (Wildman–Crippen LogP) is 6.89. The minimum atomic E-state index is -1.53. The van der Waals surface area contributed by atoms with E-state index in [-0.39, 0.29) is 52.7 Å². The molecule has 8 rings (SSSR count). The average Bonchev–Trinajstić information content (AvgIpc) is 3.42.